The Kier molecular flexibility index (Phi) is 5.19. The van der Waals surface area contributed by atoms with Gasteiger partial charge in [-0.3, -0.25) is 4.79 Å². The van der Waals surface area contributed by atoms with Crippen LogP contribution in [0.2, 0.25) is 5.02 Å². The van der Waals surface area contributed by atoms with Gasteiger partial charge in [-0.25, -0.2) is 0 Å². The molecule has 0 saturated carbocycles. The summed E-state index contributed by atoms with van der Waals surface area (Å²) in [6.45, 7) is 0. The molecule has 4 rings (SSSR count). The van der Waals surface area contributed by atoms with Gasteiger partial charge in [0.1, 0.15) is 5.03 Å². The number of aromatic nitrogens is 2. The number of carbonyl (C=O) groups is 1. The first-order valence-corrected chi connectivity index (χ1v) is 9.80. The minimum absolute atomic E-state index is 0.0390. The van der Waals surface area contributed by atoms with Gasteiger partial charge < -0.3 is 0 Å². The fraction of sp³-hybridized carbons (Fsp3) is 0.0455. The van der Waals surface area contributed by atoms with Crippen LogP contribution in [0.3, 0.4) is 0 Å². The van der Waals surface area contributed by atoms with E-state index < -0.39 is 0 Å². The molecule has 3 nitrogen and oxygen atoms in total. The quantitative estimate of drug-likeness (QED) is 0.313. The minimum Gasteiger partial charge on any atom is -0.293 e. The van der Waals surface area contributed by atoms with E-state index in [1.807, 2.05) is 30.3 Å². The monoisotopic (exact) mass is 390 g/mol. The lowest BCUT2D eigenvalue weighted by molar-refractivity contribution is 0.102. The largest absolute Gasteiger partial charge is 0.293 e. The van der Waals surface area contributed by atoms with Gasteiger partial charge >= 0.3 is 0 Å². The molecule has 0 N–H and O–H groups in total. The molecule has 0 fully saturated rings. The number of hydrogen-bond acceptors (Lipinski definition) is 4. The van der Waals surface area contributed by atoms with Crippen molar-refractivity contribution in [3.63, 3.8) is 0 Å². The van der Waals surface area contributed by atoms with Crippen molar-refractivity contribution in [3.05, 3.63) is 89.4 Å². The molecule has 0 aliphatic heterocycles. The second-order valence-corrected chi connectivity index (χ2v) is 7.47. The average molecular weight is 391 g/mol. The Labute approximate surface area is 166 Å². The first kappa shape index (κ1) is 17.7. The number of halogens is 1. The van der Waals surface area contributed by atoms with Gasteiger partial charge in [-0.1, -0.05) is 59.8 Å². The molecule has 1 heterocycles. The van der Waals surface area contributed by atoms with Crippen molar-refractivity contribution >= 4 is 39.9 Å². The number of fused-ring (bicyclic) bond motifs is 1. The predicted octanol–water partition coefficient (Wildman–Crippen LogP) is 5.93. The van der Waals surface area contributed by atoms with Crippen molar-refractivity contribution in [1.29, 1.82) is 0 Å². The van der Waals surface area contributed by atoms with Crippen molar-refractivity contribution in [2.75, 3.05) is 5.75 Å². The zero-order chi connectivity index (χ0) is 18.6. The molecule has 0 saturated heterocycles. The first-order chi connectivity index (χ1) is 13.2. The second-order valence-electron chi connectivity index (χ2n) is 6.04. The molecule has 0 atom stereocenters. The molecular weight excluding hydrogens is 376 g/mol. The average Bonchev–Trinajstić information content (AvgIpc) is 2.72. The normalized spacial score (nSPS) is 10.9. The molecule has 5 heteroatoms. The topological polar surface area (TPSA) is 42.9 Å². The van der Waals surface area contributed by atoms with Crippen LogP contribution in [0.4, 0.5) is 0 Å². The van der Waals surface area contributed by atoms with Crippen molar-refractivity contribution in [1.82, 2.24) is 10.2 Å². The van der Waals surface area contributed by atoms with Gasteiger partial charge in [0.05, 0.1) is 11.4 Å². The molecule has 0 unspecified atom stereocenters. The fourth-order valence-electron chi connectivity index (χ4n) is 2.76. The zero-order valence-corrected chi connectivity index (χ0v) is 15.9. The Balaban J connectivity index is 1.45. The number of rotatable bonds is 5. The standard InChI is InChI=1S/C22H15ClN2OS/c23-19-9-7-16(8-10-19)21(26)14-27-22-12-11-20(24-25-22)18-6-5-15-3-1-2-4-17(15)13-18/h1-13H,14H2. The molecule has 1 aromatic heterocycles. The van der Waals surface area contributed by atoms with Crippen LogP contribution in [-0.4, -0.2) is 21.7 Å². The Hall–Kier alpha value is -2.69. The van der Waals surface area contributed by atoms with E-state index in [-0.39, 0.29) is 5.78 Å². The van der Waals surface area contributed by atoms with Crippen LogP contribution in [0.1, 0.15) is 10.4 Å². The van der Waals surface area contributed by atoms with Crippen molar-refractivity contribution in [2.24, 2.45) is 0 Å². The molecule has 0 spiro atoms. The molecular formula is C22H15ClN2OS. The zero-order valence-electron chi connectivity index (χ0n) is 14.3. The maximum absolute atomic E-state index is 12.2. The molecule has 4 aromatic rings. The Morgan fingerprint density at radius 1 is 0.852 bits per heavy atom. The van der Waals surface area contributed by atoms with E-state index in [1.54, 1.807) is 24.3 Å². The highest BCUT2D eigenvalue weighted by Crippen LogP contribution is 2.24. The Morgan fingerprint density at radius 2 is 1.63 bits per heavy atom. The maximum atomic E-state index is 12.2. The van der Waals surface area contributed by atoms with Crippen LogP contribution >= 0.6 is 23.4 Å². The van der Waals surface area contributed by atoms with Crippen LogP contribution in [0.5, 0.6) is 0 Å². The molecule has 3 aromatic carbocycles. The second kappa shape index (κ2) is 7.91. The third kappa shape index (κ3) is 4.18. The molecule has 0 amide bonds. The van der Waals surface area contributed by atoms with E-state index in [9.17, 15) is 4.79 Å². The number of benzene rings is 3. The number of hydrogen-bond donors (Lipinski definition) is 0. The SMILES string of the molecule is O=C(CSc1ccc(-c2ccc3ccccc3c2)nn1)c1ccc(Cl)cc1. The van der Waals surface area contributed by atoms with E-state index in [0.717, 1.165) is 16.3 Å². The van der Waals surface area contributed by atoms with Crippen LogP contribution in [0.25, 0.3) is 22.0 Å². The summed E-state index contributed by atoms with van der Waals surface area (Å²) < 4.78 is 0. The summed E-state index contributed by atoms with van der Waals surface area (Å²) in [5.41, 5.74) is 2.48. The van der Waals surface area contributed by atoms with Crippen LogP contribution in [0.15, 0.2) is 83.9 Å². The lowest BCUT2D eigenvalue weighted by atomic mass is 10.1. The summed E-state index contributed by atoms with van der Waals surface area (Å²) >= 11 is 7.23. The highest BCUT2D eigenvalue weighted by molar-refractivity contribution is 7.99. The summed E-state index contributed by atoms with van der Waals surface area (Å²) in [4.78, 5) is 12.2. The van der Waals surface area contributed by atoms with E-state index in [0.29, 0.717) is 16.3 Å². The number of Topliss-reactive ketones (excluding diaryl/α,β-unsaturated/α-hetero) is 1. The van der Waals surface area contributed by atoms with E-state index in [4.69, 9.17) is 11.6 Å². The van der Waals surface area contributed by atoms with Crippen molar-refractivity contribution < 1.29 is 4.79 Å². The van der Waals surface area contributed by atoms with E-state index in [1.165, 1.54) is 22.5 Å². The number of ketones is 1. The third-order valence-electron chi connectivity index (χ3n) is 4.20. The maximum Gasteiger partial charge on any atom is 0.173 e. The van der Waals surface area contributed by atoms with E-state index in [2.05, 4.69) is 34.5 Å². The summed E-state index contributed by atoms with van der Waals surface area (Å²) in [7, 11) is 0. The predicted molar refractivity (Wildman–Crippen MR) is 111 cm³/mol. The lowest BCUT2D eigenvalue weighted by Crippen LogP contribution is -2.02. The van der Waals surface area contributed by atoms with Gasteiger partial charge in [0.15, 0.2) is 5.78 Å². The molecule has 27 heavy (non-hydrogen) atoms. The van der Waals surface area contributed by atoms with E-state index >= 15 is 0 Å². The smallest absolute Gasteiger partial charge is 0.173 e. The van der Waals surface area contributed by atoms with Crippen LogP contribution in [-0.2, 0) is 0 Å². The van der Waals surface area contributed by atoms with Gasteiger partial charge in [-0.15, -0.1) is 10.2 Å². The summed E-state index contributed by atoms with van der Waals surface area (Å²) in [6, 6.07) is 25.2. The van der Waals surface area contributed by atoms with Crippen molar-refractivity contribution in [3.8, 4) is 11.3 Å². The minimum atomic E-state index is 0.0390. The Bertz CT molecular complexity index is 1100. The molecule has 0 aliphatic carbocycles. The summed E-state index contributed by atoms with van der Waals surface area (Å²) in [5.74, 6) is 0.350. The number of thioether (sulfide) groups is 1. The highest BCUT2D eigenvalue weighted by Gasteiger charge is 2.08. The molecule has 0 radical (unpaired) electrons. The van der Waals surface area contributed by atoms with Crippen molar-refractivity contribution in [2.45, 2.75) is 5.03 Å². The number of nitrogens with zero attached hydrogens (tertiary/aromatic N) is 2. The van der Waals surface area contributed by atoms with Gasteiger partial charge in [0, 0.05) is 16.1 Å². The van der Waals surface area contributed by atoms with Gasteiger partial charge in [0.25, 0.3) is 0 Å². The summed E-state index contributed by atoms with van der Waals surface area (Å²) in [5, 5.41) is 12.3. The lowest BCUT2D eigenvalue weighted by Gasteiger charge is -2.04. The van der Waals surface area contributed by atoms with Gasteiger partial charge in [0.2, 0.25) is 0 Å². The van der Waals surface area contributed by atoms with Gasteiger partial charge in [-0.05, 0) is 53.2 Å². The molecule has 132 valence electrons. The highest BCUT2D eigenvalue weighted by atomic mass is 35.5. The molecule has 0 bridgehead atoms. The third-order valence-corrected chi connectivity index (χ3v) is 5.37. The number of carbonyl (C=O) groups excluding carboxylic acids is 1. The fourth-order valence-corrected chi connectivity index (χ4v) is 3.59. The molecule has 0 aliphatic rings. The van der Waals surface area contributed by atoms with Gasteiger partial charge in [-0.2, -0.15) is 0 Å². The van der Waals surface area contributed by atoms with Crippen LogP contribution < -0.4 is 0 Å². The Morgan fingerprint density at radius 3 is 2.37 bits per heavy atom. The van der Waals surface area contributed by atoms with Crippen LogP contribution in [0, 0.1) is 0 Å². The first-order valence-electron chi connectivity index (χ1n) is 8.43. The summed E-state index contributed by atoms with van der Waals surface area (Å²) in [6.07, 6.45) is 0.